The number of carboxylic acids is 1. The first kappa shape index (κ1) is 89.1. The number of thiol groups is 1. The van der Waals surface area contributed by atoms with Gasteiger partial charge < -0.3 is 33.8 Å². The molecule has 14 rings (SSSR count). The van der Waals surface area contributed by atoms with Crippen LogP contribution >= 0.6 is 69.8 Å². The molecular formula is C79H88BCl2F3N10O11S5. The number of nitrogens with zero attached hydrogens (tertiary/aromatic N) is 9. The second-order valence-corrected chi connectivity index (χ2v) is 34.0. The SMILES string of the molecule is C.C.CC1(C)OB(c2ccc3sc(-c4ccccn4)nc3c2)OC1(C)C.C[C@H]1CC=C(OS(=O)(=O)C(F)(F)F)N(C(=O)OC(C)(C)C)C1.C[C@H]1CC=C(c2ccc3sc(-c4ccccn4)nc3c2)N(C(=O)OC(C)(C)C)C1.Clc1ccc2sc(-c3ccccn3)nc2c1.Nc1cc(Cl)ccc1S.O=C(O)c1ccccn1. The minimum atomic E-state index is -5.84. The Labute approximate surface area is 672 Å². The number of carboxylic acid groups (broad SMARTS) is 1. The molecule has 588 valence electrons. The second-order valence-electron chi connectivity index (χ2n) is 28.0. The third-order valence-electron chi connectivity index (χ3n) is 16.2. The van der Waals surface area contributed by atoms with E-state index >= 15 is 0 Å². The van der Waals surface area contributed by atoms with E-state index in [4.69, 9.17) is 62.8 Å². The number of rotatable bonds is 8. The van der Waals surface area contributed by atoms with E-state index in [0.717, 1.165) is 102 Å². The van der Waals surface area contributed by atoms with E-state index in [9.17, 15) is 36.0 Å². The number of thiazole rings is 3. The molecule has 2 amide bonds. The average molecular weight is 1650 g/mol. The molecule has 21 nitrogen and oxygen atoms in total. The number of hydrogen-bond acceptors (Lipinski definition) is 22. The van der Waals surface area contributed by atoms with Crippen LogP contribution in [0.15, 0.2) is 193 Å². The highest BCUT2D eigenvalue weighted by Gasteiger charge is 2.52. The van der Waals surface area contributed by atoms with Crippen LogP contribution in [-0.4, -0.2) is 124 Å². The van der Waals surface area contributed by atoms with Crippen LogP contribution in [0, 0.1) is 11.8 Å². The van der Waals surface area contributed by atoms with Gasteiger partial charge >= 0.3 is 40.9 Å². The number of ether oxygens (including phenoxy) is 2. The van der Waals surface area contributed by atoms with Crippen molar-refractivity contribution in [2.45, 2.75) is 144 Å². The number of carbonyl (C=O) groups excluding carboxylic acids is 2. The quantitative estimate of drug-likeness (QED) is 0.0419. The van der Waals surface area contributed by atoms with Crippen LogP contribution in [-0.2, 0) is 33.1 Å². The third kappa shape index (κ3) is 24.7. The number of amides is 2. The van der Waals surface area contributed by atoms with Gasteiger partial charge in [-0.25, -0.2) is 39.2 Å². The highest BCUT2D eigenvalue weighted by molar-refractivity contribution is 7.87. The summed E-state index contributed by atoms with van der Waals surface area (Å²) >= 11 is 20.5. The number of halogens is 5. The average Bonchev–Trinajstić information content (AvgIpc) is 1.63. The summed E-state index contributed by atoms with van der Waals surface area (Å²) in [6.07, 6.45) is 9.98. The van der Waals surface area contributed by atoms with Crippen molar-refractivity contribution in [3.63, 3.8) is 0 Å². The van der Waals surface area contributed by atoms with Crippen molar-refractivity contribution in [1.82, 2.24) is 44.7 Å². The summed E-state index contributed by atoms with van der Waals surface area (Å²) < 4.78 is 89.7. The number of carbonyl (C=O) groups is 3. The lowest BCUT2D eigenvalue weighted by molar-refractivity contribution is -0.0546. The zero-order valence-electron chi connectivity index (χ0n) is 61.5. The Morgan fingerprint density at radius 1 is 0.595 bits per heavy atom. The topological polar surface area (TPSA) is 274 Å². The summed E-state index contributed by atoms with van der Waals surface area (Å²) in [5, 5.41) is 12.4. The van der Waals surface area contributed by atoms with Gasteiger partial charge in [0, 0.05) is 64.1 Å². The fourth-order valence-electron chi connectivity index (χ4n) is 10.1. The van der Waals surface area contributed by atoms with Crippen molar-refractivity contribution in [3.05, 3.63) is 210 Å². The van der Waals surface area contributed by atoms with Crippen LogP contribution in [0.4, 0.5) is 28.4 Å². The number of nitrogen functional groups attached to an aromatic ring is 1. The Bertz CT molecular complexity index is 5160. The summed E-state index contributed by atoms with van der Waals surface area (Å²) in [5.74, 6) is -1.36. The van der Waals surface area contributed by atoms with Gasteiger partial charge in [0.05, 0.1) is 64.6 Å². The number of alkyl halides is 3. The molecule has 3 aliphatic rings. The fourth-order valence-corrected chi connectivity index (χ4v) is 13.9. The standard InChI is InChI=1S/C23H25N3O2S.C18H19BN2O2S.C12H7ClN2S.C12H18F3NO5S.C6H6ClNS.C6H5NO2.2CH4/c1-15-8-10-19(26(14-15)22(27)28-23(2,3)4)16-9-11-20-18(13-16)25-21(29-20)17-7-5-6-12-24-17;1-17(2)18(3,4)23-19(22-17)12-8-9-15-14(11-12)21-16(24-15)13-7-5-6-10-20-13;13-8-4-5-11-10(7-8)15-12(16-11)9-3-1-2-6-14-9;1-8-5-6-9(21-22(18,19)12(13,14)15)16(7-8)10(17)20-11(2,3)4;7-4-1-2-6(9)5(8)3-4;8-6(9)5-3-1-2-4-7-5;;/h5-7,9-13,15H,8,14H2,1-4H3;5-11H,1-4H3;1-7H;6,8H,5,7H2,1-4H3;1-3,9H,8H2;1-4H,(H,8,9);2*1H4/t15-;;;8-;;;;/m0..0..../s1. The minimum Gasteiger partial charge on any atom is -0.477 e. The largest absolute Gasteiger partial charge is 0.534 e. The monoisotopic (exact) mass is 1650 g/mol. The van der Waals surface area contributed by atoms with Crippen LogP contribution in [0.25, 0.3) is 68.5 Å². The molecular weight excluding hydrogens is 1560 g/mol. The molecule has 2 atom stereocenters. The van der Waals surface area contributed by atoms with Crippen LogP contribution in [0.3, 0.4) is 0 Å². The van der Waals surface area contributed by atoms with E-state index in [2.05, 4.69) is 119 Å². The van der Waals surface area contributed by atoms with E-state index in [1.807, 2.05) is 93.6 Å². The van der Waals surface area contributed by atoms with Crippen molar-refractivity contribution in [2.75, 3.05) is 18.8 Å². The molecule has 4 aromatic carbocycles. The van der Waals surface area contributed by atoms with Crippen LogP contribution in [0.2, 0.25) is 10.0 Å². The lowest BCUT2D eigenvalue weighted by atomic mass is 9.79. The van der Waals surface area contributed by atoms with Crippen molar-refractivity contribution in [2.24, 2.45) is 11.8 Å². The maximum absolute atomic E-state index is 12.8. The van der Waals surface area contributed by atoms with E-state index in [1.165, 1.54) is 12.3 Å². The Kier molecular flexibility index (Phi) is 30.5. The first-order valence-electron chi connectivity index (χ1n) is 34.0. The molecule has 11 aromatic rings. The first-order valence-corrected chi connectivity index (χ1v) is 39.1. The number of aromatic carboxylic acids is 1. The van der Waals surface area contributed by atoms with Crippen LogP contribution < -0.4 is 11.2 Å². The van der Waals surface area contributed by atoms with Gasteiger partial charge in [-0.1, -0.05) is 94.4 Å². The molecule has 3 N–H and O–H groups in total. The lowest BCUT2D eigenvalue weighted by Crippen LogP contribution is -2.42. The predicted molar refractivity (Wildman–Crippen MR) is 443 cm³/mol. The van der Waals surface area contributed by atoms with Crippen molar-refractivity contribution in [1.29, 1.82) is 0 Å². The number of allylic oxidation sites excluding steroid dienone is 2. The Morgan fingerprint density at radius 2 is 1.02 bits per heavy atom. The van der Waals surface area contributed by atoms with Gasteiger partial charge in [-0.3, -0.25) is 19.9 Å². The zero-order valence-corrected chi connectivity index (χ0v) is 67.2. The maximum atomic E-state index is 12.8. The molecule has 0 spiro atoms. The Hall–Kier alpha value is -9.11. The van der Waals surface area contributed by atoms with Gasteiger partial charge in [-0.2, -0.15) is 21.6 Å². The summed E-state index contributed by atoms with van der Waals surface area (Å²) in [7, 11) is -6.20. The van der Waals surface area contributed by atoms with E-state index in [1.54, 1.807) is 116 Å². The molecule has 111 heavy (non-hydrogen) atoms. The molecule has 1 fully saturated rings. The Balaban J connectivity index is 0.000000192. The summed E-state index contributed by atoms with van der Waals surface area (Å²) in [5.41, 5.74) is 6.84. The zero-order chi connectivity index (χ0) is 79.4. The molecule has 32 heteroatoms. The molecule has 3 aliphatic heterocycles. The number of fused-ring (bicyclic) bond motifs is 3. The van der Waals surface area contributed by atoms with E-state index in [-0.39, 0.29) is 63.8 Å². The highest BCUT2D eigenvalue weighted by Crippen LogP contribution is 2.39. The molecule has 0 unspecified atom stereocenters. The molecule has 0 bridgehead atoms. The van der Waals surface area contributed by atoms with E-state index < -0.39 is 44.8 Å². The minimum absolute atomic E-state index is 0. The predicted octanol–water partition coefficient (Wildman–Crippen LogP) is 20.9. The molecule has 10 heterocycles. The van der Waals surface area contributed by atoms with Gasteiger partial charge in [0.15, 0.2) is 0 Å². The van der Waals surface area contributed by atoms with Crippen molar-refractivity contribution >= 4 is 153 Å². The smallest absolute Gasteiger partial charge is 0.477 e. The molecule has 1 saturated heterocycles. The normalized spacial score (nSPS) is 15.7. The molecule has 0 radical (unpaired) electrons. The third-order valence-corrected chi connectivity index (χ3v) is 21.2. The number of aromatic nitrogens is 7. The van der Waals surface area contributed by atoms with Crippen LogP contribution in [0.5, 0.6) is 0 Å². The summed E-state index contributed by atoms with van der Waals surface area (Å²) in [6.45, 7) is 23.2. The molecule has 0 aliphatic carbocycles. The number of benzene rings is 4. The van der Waals surface area contributed by atoms with Crippen molar-refractivity contribution in [3.8, 4) is 32.1 Å². The van der Waals surface area contributed by atoms with Gasteiger partial charge in [-0.05, 0) is 215 Å². The van der Waals surface area contributed by atoms with Gasteiger partial charge in [-0.15, -0.1) is 46.6 Å². The lowest BCUT2D eigenvalue weighted by Gasteiger charge is -2.33. The van der Waals surface area contributed by atoms with Gasteiger partial charge in [0.25, 0.3) is 0 Å². The Morgan fingerprint density at radius 3 is 1.45 bits per heavy atom. The van der Waals surface area contributed by atoms with Gasteiger partial charge in [0.2, 0.25) is 5.88 Å². The van der Waals surface area contributed by atoms with E-state index in [0.29, 0.717) is 28.2 Å². The van der Waals surface area contributed by atoms with Crippen LogP contribution in [0.1, 0.15) is 127 Å². The highest BCUT2D eigenvalue weighted by atomic mass is 35.5. The summed E-state index contributed by atoms with van der Waals surface area (Å²) in [4.78, 5) is 68.9. The first-order chi connectivity index (χ1) is 51.2. The van der Waals surface area contributed by atoms with Crippen molar-refractivity contribution < 1.29 is 64.0 Å². The summed E-state index contributed by atoms with van der Waals surface area (Å²) in [6, 6.07) is 45.6. The molecule has 7 aromatic heterocycles. The second kappa shape index (κ2) is 37.9. The fraction of sp³-hybridized carbons (Fsp3) is 0.316. The number of hydrogen-bond donors (Lipinski definition) is 3. The van der Waals surface area contributed by atoms with Gasteiger partial charge in [0.1, 0.15) is 31.9 Å². The maximum Gasteiger partial charge on any atom is 0.534 e. The number of nitrogens with two attached hydrogens (primary N) is 1. The number of pyridine rings is 4. The molecule has 0 saturated carbocycles. The number of anilines is 1.